The summed E-state index contributed by atoms with van der Waals surface area (Å²) in [5.41, 5.74) is 3.34. The third-order valence-corrected chi connectivity index (χ3v) is 9.43. The molecule has 1 unspecified atom stereocenters. The van der Waals surface area contributed by atoms with E-state index in [9.17, 15) is 18.0 Å². The van der Waals surface area contributed by atoms with E-state index in [0.717, 1.165) is 29.7 Å². The summed E-state index contributed by atoms with van der Waals surface area (Å²) in [4.78, 5) is 36.8. The fourth-order valence-electron chi connectivity index (χ4n) is 5.46. The van der Waals surface area contributed by atoms with Crippen molar-refractivity contribution in [2.75, 3.05) is 31.5 Å². The van der Waals surface area contributed by atoms with Crippen molar-refractivity contribution in [3.8, 4) is 5.75 Å². The Hall–Kier alpha value is -3.87. The van der Waals surface area contributed by atoms with Crippen molar-refractivity contribution in [1.29, 1.82) is 0 Å². The van der Waals surface area contributed by atoms with E-state index in [4.69, 9.17) is 25.1 Å². The van der Waals surface area contributed by atoms with Crippen molar-refractivity contribution in [2.24, 2.45) is 0 Å². The largest absolute Gasteiger partial charge is 0.596 e. The van der Waals surface area contributed by atoms with E-state index in [1.807, 2.05) is 59.0 Å². The Morgan fingerprint density at radius 2 is 1.85 bits per heavy atom. The smallest absolute Gasteiger partial charge is 0.481 e. The van der Waals surface area contributed by atoms with Crippen LogP contribution in [0.3, 0.4) is 0 Å². The minimum atomic E-state index is -4.34. The molecule has 47 heavy (non-hydrogen) atoms. The number of anilines is 1. The lowest BCUT2D eigenvalue weighted by Gasteiger charge is -2.30. The lowest BCUT2D eigenvalue weighted by molar-refractivity contribution is -0.458. The number of aromatic nitrogens is 2. The first kappa shape index (κ1) is 34.5. The molecule has 0 radical (unpaired) electrons. The van der Waals surface area contributed by atoms with Gasteiger partial charge in [-0.1, -0.05) is 12.1 Å². The number of amides is 2. The molecular weight excluding hydrogens is 642 g/mol. The molecule has 0 spiro atoms. The van der Waals surface area contributed by atoms with E-state index < -0.39 is 32.8 Å². The van der Waals surface area contributed by atoms with Gasteiger partial charge in [0.2, 0.25) is 0 Å². The van der Waals surface area contributed by atoms with Gasteiger partial charge in [-0.15, -0.1) is 4.58 Å². The summed E-state index contributed by atoms with van der Waals surface area (Å²) in [5.74, 6) is 0.361. The first-order valence-electron chi connectivity index (χ1n) is 15.6. The van der Waals surface area contributed by atoms with Crippen molar-refractivity contribution >= 4 is 43.3 Å². The van der Waals surface area contributed by atoms with Crippen molar-refractivity contribution in [2.45, 2.75) is 76.9 Å². The highest BCUT2D eigenvalue weighted by Gasteiger charge is 2.35. The maximum atomic E-state index is 13.3. The number of nitrogens with zero attached hydrogens (tertiary/aromatic N) is 4. The molecular formula is C34H41ClN5O6S+. The molecule has 1 saturated carbocycles. The minimum absolute atomic E-state index is 0.00854. The van der Waals surface area contributed by atoms with E-state index in [-0.39, 0.29) is 16.2 Å². The molecule has 1 aromatic carbocycles. The monoisotopic (exact) mass is 682 g/mol. The van der Waals surface area contributed by atoms with Gasteiger partial charge in [-0.25, -0.2) is 13.4 Å². The zero-order valence-electron chi connectivity index (χ0n) is 27.5. The molecule has 3 heterocycles. The number of pyridine rings is 2. The summed E-state index contributed by atoms with van der Waals surface area (Å²) in [7, 11) is 1.60. The zero-order valence-corrected chi connectivity index (χ0v) is 29.1. The van der Waals surface area contributed by atoms with E-state index in [1.165, 1.54) is 12.1 Å². The van der Waals surface area contributed by atoms with E-state index >= 15 is 0 Å². The Bertz CT molecular complexity index is 1820. The molecule has 2 amide bonds. The molecule has 5 rings (SSSR count). The maximum Gasteiger partial charge on any atom is 0.596 e. The first-order valence-corrected chi connectivity index (χ1v) is 17.9. The number of aryl methyl sites for hydroxylation is 2. The number of ether oxygens (including phenoxy) is 2. The molecule has 2 aromatic heterocycles. The van der Waals surface area contributed by atoms with E-state index in [2.05, 4.69) is 15.2 Å². The second-order valence-corrected chi connectivity index (χ2v) is 15.7. The summed E-state index contributed by atoms with van der Waals surface area (Å²) < 4.78 is 39.5. The van der Waals surface area contributed by atoms with E-state index in [1.54, 1.807) is 23.8 Å². The van der Waals surface area contributed by atoms with Crippen LogP contribution in [0, 0.1) is 13.8 Å². The molecule has 3 aromatic rings. The molecule has 1 aliphatic heterocycles. The summed E-state index contributed by atoms with van der Waals surface area (Å²) in [6.07, 6.45) is 4.58. The maximum absolute atomic E-state index is 13.3. The van der Waals surface area contributed by atoms with Crippen LogP contribution < -0.4 is 10.1 Å². The molecule has 0 bridgehead atoms. The lowest BCUT2D eigenvalue weighted by Crippen LogP contribution is -2.48. The van der Waals surface area contributed by atoms with Gasteiger partial charge >= 0.3 is 6.09 Å². The molecule has 2 aliphatic rings. The Kier molecular flexibility index (Phi) is 10.0. The molecule has 13 heteroatoms. The fourth-order valence-corrected chi connectivity index (χ4v) is 6.43. The summed E-state index contributed by atoms with van der Waals surface area (Å²) in [6.45, 7) is 12.6. The average Bonchev–Trinajstić information content (AvgIpc) is 3.82. The Morgan fingerprint density at radius 1 is 1.11 bits per heavy atom. The number of carbonyl (C=O) groups is 2. The predicted octanol–water partition coefficient (Wildman–Crippen LogP) is 5.99. The third-order valence-electron chi connectivity index (χ3n) is 8.09. The number of benzene rings is 1. The van der Waals surface area contributed by atoms with Gasteiger partial charge in [-0.05, 0) is 94.3 Å². The minimum Gasteiger partial charge on any atom is -0.481 e. The zero-order chi connectivity index (χ0) is 34.1. The number of nitrogens with one attached hydrogen (secondary N) is 1. The van der Waals surface area contributed by atoms with Crippen LogP contribution in [0.25, 0.3) is 0 Å². The lowest BCUT2D eigenvalue weighted by atomic mass is 10.1. The number of halogens is 1. The molecule has 11 nitrogen and oxygen atoms in total. The molecule has 250 valence electrons. The number of carbonyl (C=O) groups excluding carboxylic acids is 2. The van der Waals surface area contributed by atoms with Crippen molar-refractivity contribution < 1.29 is 32.1 Å². The van der Waals surface area contributed by atoms with Crippen LogP contribution in [0.4, 0.5) is 10.6 Å². The van der Waals surface area contributed by atoms with Crippen molar-refractivity contribution in [3.05, 3.63) is 76.7 Å². The average molecular weight is 683 g/mol. The first-order chi connectivity index (χ1) is 22.1. The van der Waals surface area contributed by atoms with Crippen LogP contribution in [-0.2, 0) is 13.8 Å². The van der Waals surface area contributed by atoms with E-state index in [0.29, 0.717) is 49.2 Å². The van der Waals surface area contributed by atoms with Gasteiger partial charge < -0.3 is 14.8 Å². The van der Waals surface area contributed by atoms with Gasteiger partial charge in [0.15, 0.2) is 18.4 Å². The normalized spacial score (nSPS) is 16.5. The Labute approximate surface area is 280 Å². The Balaban J connectivity index is 1.45. The van der Waals surface area contributed by atoms with Gasteiger partial charge in [0, 0.05) is 42.1 Å². The molecule has 1 aliphatic carbocycles. The number of hydrogen-bond acceptors (Lipinski definition) is 9. The van der Waals surface area contributed by atoms with Crippen LogP contribution in [0.2, 0.25) is 0 Å². The number of rotatable bonds is 9. The number of hydrogen-bond donors (Lipinski definition) is 1. The van der Waals surface area contributed by atoms with Crippen LogP contribution in [0.1, 0.15) is 85.3 Å². The van der Waals surface area contributed by atoms with Crippen molar-refractivity contribution in [1.82, 2.24) is 14.9 Å². The highest BCUT2D eigenvalue weighted by atomic mass is 35.7. The second-order valence-electron chi connectivity index (χ2n) is 13.2. The van der Waals surface area contributed by atoms with Gasteiger partial charge in [0.05, 0.1) is 18.8 Å². The summed E-state index contributed by atoms with van der Waals surface area (Å²) >= 11 is 0. The van der Waals surface area contributed by atoms with Gasteiger partial charge in [0.25, 0.3) is 15.0 Å². The molecule has 0 saturated heterocycles. The predicted molar refractivity (Wildman–Crippen MR) is 179 cm³/mol. The summed E-state index contributed by atoms with van der Waals surface area (Å²) in [6, 6.07) is 10.3. The quantitative estimate of drug-likeness (QED) is 0.213. The van der Waals surface area contributed by atoms with Crippen LogP contribution in [-0.4, -0.2) is 77.4 Å². The standard InChI is InChI=1S/C34H40ClN5O6S/c1-21-8-7-13-36-31(21)38-32(41)26-17-30(47(35,43)44)28(16-22(26)2)45-29(27-12-11-25(18-37-27)24-9-10-24)20-39-14-15-40(23(3)19-39)33(42)46-34(4,5)6/h7-8,11-13,16-18,24,29H,9-10,14-15,19-20H2,1-6H3/p+1. The van der Waals surface area contributed by atoms with Gasteiger partial charge in [0.1, 0.15) is 22.1 Å². The van der Waals surface area contributed by atoms with Crippen LogP contribution >= 0.6 is 10.7 Å². The van der Waals surface area contributed by atoms with Gasteiger partial charge in [-0.3, -0.25) is 14.7 Å². The Morgan fingerprint density at radius 3 is 2.45 bits per heavy atom. The third kappa shape index (κ3) is 8.74. The SMILES string of the molecule is CC1=[N+](C(=O)OC(C)(C)C)CCN(CC(Oc2cc(C)c(C(=O)Nc3ncccc3C)cc2S(=O)(=O)Cl)c2ccc(C3CC3)cn2)C1. The molecule has 1 N–H and O–H groups in total. The molecule has 1 fully saturated rings. The second kappa shape index (κ2) is 13.7. The van der Waals surface area contributed by atoms with Gasteiger partial charge in [-0.2, -0.15) is 4.79 Å². The summed E-state index contributed by atoms with van der Waals surface area (Å²) in [5, 5.41) is 2.75. The van der Waals surface area contributed by atoms with Crippen LogP contribution in [0.5, 0.6) is 5.75 Å². The van der Waals surface area contributed by atoms with Crippen LogP contribution in [0.15, 0.2) is 53.7 Å². The van der Waals surface area contributed by atoms with Crippen molar-refractivity contribution in [3.63, 3.8) is 0 Å². The molecule has 1 atom stereocenters. The highest BCUT2D eigenvalue weighted by molar-refractivity contribution is 8.13. The highest BCUT2D eigenvalue weighted by Crippen LogP contribution is 2.40. The topological polar surface area (TPSA) is 131 Å². The fraction of sp³-hybridized carbons (Fsp3) is 0.441.